The number of aliphatic imine (C=N–C) groups is 1. The standard InChI is InChI=1S/C19H25FN4O.HI/c1-5-21-19(23-12-15-8-9-22-18(10-15)25-4)24-14(3)16-7-6-13(2)17(20)11-16;/h6-11,14H,5,12H2,1-4H3,(H2,21,23,24);1H. The average molecular weight is 472 g/mol. The van der Waals surface area contributed by atoms with E-state index in [0.717, 1.165) is 17.7 Å². The topological polar surface area (TPSA) is 58.5 Å². The number of methoxy groups -OCH3 is 1. The van der Waals surface area contributed by atoms with E-state index in [1.54, 1.807) is 32.4 Å². The second-order valence-corrected chi connectivity index (χ2v) is 5.78. The third kappa shape index (κ3) is 6.44. The molecule has 2 aromatic rings. The average Bonchev–Trinajstić information content (AvgIpc) is 2.62. The van der Waals surface area contributed by atoms with E-state index >= 15 is 0 Å². The number of ether oxygens (including phenoxy) is 1. The van der Waals surface area contributed by atoms with E-state index in [1.165, 1.54) is 0 Å². The van der Waals surface area contributed by atoms with Gasteiger partial charge in [0.05, 0.1) is 19.7 Å². The molecule has 1 aromatic heterocycles. The van der Waals surface area contributed by atoms with E-state index in [0.29, 0.717) is 23.9 Å². The lowest BCUT2D eigenvalue weighted by atomic mass is 10.1. The van der Waals surface area contributed by atoms with Crippen molar-refractivity contribution >= 4 is 29.9 Å². The van der Waals surface area contributed by atoms with Crippen LogP contribution in [0.15, 0.2) is 41.5 Å². The highest BCUT2D eigenvalue weighted by atomic mass is 127. The summed E-state index contributed by atoms with van der Waals surface area (Å²) in [6, 6.07) is 8.95. The first-order chi connectivity index (χ1) is 12.0. The molecule has 2 rings (SSSR count). The number of benzene rings is 1. The Labute approximate surface area is 171 Å². The van der Waals surface area contributed by atoms with E-state index < -0.39 is 0 Å². The number of nitrogens with one attached hydrogen (secondary N) is 2. The van der Waals surface area contributed by atoms with E-state index in [1.807, 2.05) is 32.0 Å². The predicted molar refractivity (Wildman–Crippen MR) is 114 cm³/mol. The van der Waals surface area contributed by atoms with Gasteiger partial charge in [0, 0.05) is 18.8 Å². The Morgan fingerprint density at radius 1 is 1.31 bits per heavy atom. The molecule has 0 fully saturated rings. The first-order valence-corrected chi connectivity index (χ1v) is 8.33. The Bertz CT molecular complexity index is 739. The fourth-order valence-electron chi connectivity index (χ4n) is 2.32. The predicted octanol–water partition coefficient (Wildman–Crippen LogP) is 3.97. The van der Waals surface area contributed by atoms with Gasteiger partial charge in [0.1, 0.15) is 5.82 Å². The highest BCUT2D eigenvalue weighted by Crippen LogP contribution is 2.16. The van der Waals surface area contributed by atoms with Crippen LogP contribution in [0.1, 0.15) is 36.6 Å². The van der Waals surface area contributed by atoms with Crippen molar-refractivity contribution in [3.05, 3.63) is 59.0 Å². The lowest BCUT2D eigenvalue weighted by molar-refractivity contribution is 0.397. The van der Waals surface area contributed by atoms with Gasteiger partial charge in [-0.05, 0) is 49.6 Å². The minimum atomic E-state index is -0.197. The molecule has 0 radical (unpaired) electrons. The first kappa shape index (κ1) is 22.1. The summed E-state index contributed by atoms with van der Waals surface area (Å²) >= 11 is 0. The highest BCUT2D eigenvalue weighted by molar-refractivity contribution is 14.0. The van der Waals surface area contributed by atoms with Crippen LogP contribution in [0.5, 0.6) is 5.88 Å². The van der Waals surface area contributed by atoms with Gasteiger partial charge in [-0.3, -0.25) is 0 Å². The van der Waals surface area contributed by atoms with E-state index in [-0.39, 0.29) is 35.8 Å². The molecule has 0 aliphatic heterocycles. The zero-order valence-electron chi connectivity index (χ0n) is 15.5. The van der Waals surface area contributed by atoms with Gasteiger partial charge in [-0.25, -0.2) is 14.4 Å². The summed E-state index contributed by atoms with van der Waals surface area (Å²) < 4.78 is 18.9. The van der Waals surface area contributed by atoms with Gasteiger partial charge in [-0.2, -0.15) is 0 Å². The molecule has 26 heavy (non-hydrogen) atoms. The number of aryl methyl sites for hydroxylation is 1. The Kier molecular flexibility index (Phi) is 9.32. The van der Waals surface area contributed by atoms with Gasteiger partial charge in [0.2, 0.25) is 5.88 Å². The van der Waals surface area contributed by atoms with Gasteiger partial charge >= 0.3 is 0 Å². The molecule has 7 heteroatoms. The zero-order valence-corrected chi connectivity index (χ0v) is 17.9. The third-order valence-corrected chi connectivity index (χ3v) is 3.82. The van der Waals surface area contributed by atoms with Crippen LogP contribution in [-0.4, -0.2) is 24.6 Å². The Hall–Kier alpha value is -1.90. The Balaban J connectivity index is 0.00000338. The summed E-state index contributed by atoms with van der Waals surface area (Å²) in [6.45, 7) is 6.96. The minimum absolute atomic E-state index is 0. The maximum absolute atomic E-state index is 13.8. The normalized spacial score (nSPS) is 12.1. The van der Waals surface area contributed by atoms with Gasteiger partial charge in [0.25, 0.3) is 0 Å². The lowest BCUT2D eigenvalue weighted by Gasteiger charge is -2.18. The molecule has 2 N–H and O–H groups in total. The molecular weight excluding hydrogens is 446 g/mol. The quantitative estimate of drug-likeness (QED) is 0.380. The van der Waals surface area contributed by atoms with Crippen molar-refractivity contribution in [2.75, 3.05) is 13.7 Å². The van der Waals surface area contributed by atoms with Crippen LogP contribution in [-0.2, 0) is 6.54 Å². The SMILES string of the molecule is CCNC(=NCc1ccnc(OC)c1)NC(C)c1ccc(C)c(F)c1.I. The van der Waals surface area contributed by atoms with Crippen LogP contribution in [0.25, 0.3) is 0 Å². The number of aromatic nitrogens is 1. The molecular formula is C19H26FIN4O. The monoisotopic (exact) mass is 472 g/mol. The number of rotatable bonds is 6. The molecule has 1 unspecified atom stereocenters. The Morgan fingerprint density at radius 2 is 2.08 bits per heavy atom. The summed E-state index contributed by atoms with van der Waals surface area (Å²) in [5.41, 5.74) is 2.51. The lowest BCUT2D eigenvalue weighted by Crippen LogP contribution is -2.38. The minimum Gasteiger partial charge on any atom is -0.481 e. The van der Waals surface area contributed by atoms with E-state index in [4.69, 9.17) is 4.74 Å². The molecule has 1 atom stereocenters. The van der Waals surface area contributed by atoms with Crippen LogP contribution in [0.2, 0.25) is 0 Å². The Morgan fingerprint density at radius 3 is 2.73 bits per heavy atom. The van der Waals surface area contributed by atoms with E-state index in [9.17, 15) is 4.39 Å². The third-order valence-electron chi connectivity index (χ3n) is 3.82. The number of guanidine groups is 1. The molecule has 142 valence electrons. The number of hydrogen-bond donors (Lipinski definition) is 2. The molecule has 0 bridgehead atoms. The molecule has 0 amide bonds. The maximum Gasteiger partial charge on any atom is 0.213 e. The van der Waals surface area contributed by atoms with Gasteiger partial charge in [-0.15, -0.1) is 24.0 Å². The van der Waals surface area contributed by atoms with Crippen molar-refractivity contribution in [2.24, 2.45) is 4.99 Å². The van der Waals surface area contributed by atoms with Crippen LogP contribution in [0.3, 0.4) is 0 Å². The molecule has 0 saturated carbocycles. The fourth-order valence-corrected chi connectivity index (χ4v) is 2.32. The summed E-state index contributed by atoms with van der Waals surface area (Å²) in [6.07, 6.45) is 1.70. The smallest absolute Gasteiger partial charge is 0.213 e. The largest absolute Gasteiger partial charge is 0.481 e. The molecule has 1 heterocycles. The van der Waals surface area contributed by atoms with Crippen LogP contribution >= 0.6 is 24.0 Å². The van der Waals surface area contributed by atoms with Crippen molar-refractivity contribution < 1.29 is 9.13 Å². The molecule has 0 aliphatic rings. The van der Waals surface area contributed by atoms with Crippen molar-refractivity contribution in [1.82, 2.24) is 15.6 Å². The van der Waals surface area contributed by atoms with Gasteiger partial charge < -0.3 is 15.4 Å². The molecule has 0 saturated heterocycles. The molecule has 0 aliphatic carbocycles. The number of halogens is 2. The molecule has 5 nitrogen and oxygen atoms in total. The van der Waals surface area contributed by atoms with Crippen molar-refractivity contribution in [1.29, 1.82) is 0 Å². The summed E-state index contributed by atoms with van der Waals surface area (Å²) in [5, 5.41) is 6.51. The maximum atomic E-state index is 13.8. The van der Waals surface area contributed by atoms with Crippen molar-refractivity contribution in [3.63, 3.8) is 0 Å². The van der Waals surface area contributed by atoms with Crippen molar-refractivity contribution in [3.8, 4) is 5.88 Å². The van der Waals surface area contributed by atoms with Crippen molar-refractivity contribution in [2.45, 2.75) is 33.4 Å². The van der Waals surface area contributed by atoms with Crippen LogP contribution in [0, 0.1) is 12.7 Å². The molecule has 0 spiro atoms. The first-order valence-electron chi connectivity index (χ1n) is 8.33. The molecule has 1 aromatic carbocycles. The van der Waals surface area contributed by atoms with Gasteiger partial charge in [0.15, 0.2) is 5.96 Å². The summed E-state index contributed by atoms with van der Waals surface area (Å²) in [7, 11) is 1.59. The van der Waals surface area contributed by atoms with E-state index in [2.05, 4.69) is 20.6 Å². The zero-order chi connectivity index (χ0) is 18.2. The number of nitrogens with zero attached hydrogens (tertiary/aromatic N) is 2. The van der Waals surface area contributed by atoms with Crippen LogP contribution < -0.4 is 15.4 Å². The highest BCUT2D eigenvalue weighted by Gasteiger charge is 2.10. The second kappa shape index (κ2) is 10.9. The summed E-state index contributed by atoms with van der Waals surface area (Å²) in [5.74, 6) is 1.04. The number of hydrogen-bond acceptors (Lipinski definition) is 3. The van der Waals surface area contributed by atoms with Crippen LogP contribution in [0.4, 0.5) is 4.39 Å². The second-order valence-electron chi connectivity index (χ2n) is 5.78. The fraction of sp³-hybridized carbons (Fsp3) is 0.368. The number of pyridine rings is 1. The van der Waals surface area contributed by atoms with Gasteiger partial charge in [-0.1, -0.05) is 12.1 Å². The summed E-state index contributed by atoms with van der Waals surface area (Å²) in [4.78, 5) is 8.67.